The van der Waals surface area contributed by atoms with Crippen LogP contribution in [0.2, 0.25) is 0 Å². The number of rotatable bonds is 6. The van der Waals surface area contributed by atoms with Crippen molar-refractivity contribution >= 4 is 67.1 Å². The predicted molar refractivity (Wildman–Crippen MR) is 195 cm³/mol. The first-order valence-electron chi connectivity index (χ1n) is 16.0. The maximum Gasteiger partial charge on any atom is 0.247 e. The van der Waals surface area contributed by atoms with E-state index < -0.39 is 0 Å². The van der Waals surface area contributed by atoms with Crippen LogP contribution in [-0.4, -0.2) is 11.3 Å². The summed E-state index contributed by atoms with van der Waals surface area (Å²) >= 11 is 0. The van der Waals surface area contributed by atoms with Crippen molar-refractivity contribution in [3.63, 3.8) is 0 Å². The van der Waals surface area contributed by atoms with E-state index in [0.29, 0.717) is 5.92 Å². The van der Waals surface area contributed by atoms with Gasteiger partial charge in [0.25, 0.3) is 0 Å². The van der Waals surface area contributed by atoms with Gasteiger partial charge in [0, 0.05) is 45.4 Å². The lowest BCUT2D eigenvalue weighted by atomic mass is 9.34. The van der Waals surface area contributed by atoms with Gasteiger partial charge in [-0.2, -0.15) is 0 Å². The molecule has 6 aromatic carbocycles. The third kappa shape index (κ3) is 4.67. The van der Waals surface area contributed by atoms with E-state index in [-0.39, 0.29) is 6.71 Å². The van der Waals surface area contributed by atoms with Crippen molar-refractivity contribution < 1.29 is 0 Å². The molecule has 7 aromatic rings. The van der Waals surface area contributed by atoms with Crippen LogP contribution in [0.5, 0.6) is 0 Å². The molecule has 1 aliphatic rings. The second-order valence-corrected chi connectivity index (χ2v) is 12.3. The molecule has 0 atom stereocenters. The number of fused-ring (bicyclic) bond motifs is 6. The molecule has 0 saturated carbocycles. The quantitative estimate of drug-likeness (QED) is 0.142. The molecule has 216 valence electrons. The summed E-state index contributed by atoms with van der Waals surface area (Å²) in [6, 6.07) is 50.9. The Morgan fingerprint density at radius 1 is 0.578 bits per heavy atom. The standard InChI is InChI=1S/C42H35BN2/c1-30(2)29-32(17-14-28-44-39-24-9-5-19-34(39)35-20-6-10-25-40(35)44)45-41-26-11-7-21-37(41)43(38-22-8-12-27-42(38)45)36-23-13-16-31-15-3-4-18-33(31)36/h3-27,29-30H,28H2,1-2H3. The summed E-state index contributed by atoms with van der Waals surface area (Å²) in [6.45, 7) is 5.46. The summed E-state index contributed by atoms with van der Waals surface area (Å²) in [5.41, 5.74) is 10.2. The highest BCUT2D eigenvalue weighted by molar-refractivity contribution is 6.99. The first-order chi connectivity index (χ1) is 22.2. The summed E-state index contributed by atoms with van der Waals surface area (Å²) in [5, 5.41) is 5.20. The first kappa shape index (κ1) is 27.3. The van der Waals surface area contributed by atoms with Crippen molar-refractivity contribution in [2.24, 2.45) is 5.92 Å². The third-order valence-electron chi connectivity index (χ3n) is 9.13. The van der Waals surface area contributed by atoms with Gasteiger partial charge in [-0.1, -0.05) is 147 Å². The molecule has 0 radical (unpaired) electrons. The number of allylic oxidation sites excluding steroid dienone is 3. The average Bonchev–Trinajstić information content (AvgIpc) is 3.40. The van der Waals surface area contributed by atoms with Crippen molar-refractivity contribution in [3.05, 3.63) is 163 Å². The van der Waals surface area contributed by atoms with E-state index in [1.165, 1.54) is 66.0 Å². The minimum atomic E-state index is 0.140. The van der Waals surface area contributed by atoms with Crippen LogP contribution in [0.15, 0.2) is 163 Å². The molecular weight excluding hydrogens is 543 g/mol. The van der Waals surface area contributed by atoms with Gasteiger partial charge >= 0.3 is 0 Å². The van der Waals surface area contributed by atoms with E-state index in [9.17, 15) is 0 Å². The molecule has 0 N–H and O–H groups in total. The fraction of sp³-hybridized carbons (Fsp3) is 0.0952. The van der Waals surface area contributed by atoms with Crippen LogP contribution in [-0.2, 0) is 6.54 Å². The molecule has 2 heterocycles. The van der Waals surface area contributed by atoms with Crippen LogP contribution in [0.3, 0.4) is 0 Å². The molecule has 0 saturated heterocycles. The molecule has 2 nitrogen and oxygen atoms in total. The van der Waals surface area contributed by atoms with Crippen molar-refractivity contribution in [1.82, 2.24) is 4.57 Å². The smallest absolute Gasteiger partial charge is 0.247 e. The van der Waals surface area contributed by atoms with Crippen LogP contribution < -0.4 is 21.3 Å². The second kappa shape index (κ2) is 11.3. The maximum atomic E-state index is 2.48. The van der Waals surface area contributed by atoms with E-state index in [1.54, 1.807) is 0 Å². The number of hydrogen-bond donors (Lipinski definition) is 0. The van der Waals surface area contributed by atoms with Gasteiger partial charge in [0.1, 0.15) is 0 Å². The molecular formula is C42H35BN2. The number of aromatic nitrogens is 1. The van der Waals surface area contributed by atoms with Crippen molar-refractivity contribution in [3.8, 4) is 0 Å². The minimum absolute atomic E-state index is 0.140. The van der Waals surface area contributed by atoms with Crippen LogP contribution in [0.1, 0.15) is 13.8 Å². The largest absolute Gasteiger partial charge is 0.337 e. The first-order valence-corrected chi connectivity index (χ1v) is 16.0. The van der Waals surface area contributed by atoms with Crippen molar-refractivity contribution in [2.45, 2.75) is 20.4 Å². The second-order valence-electron chi connectivity index (χ2n) is 12.3. The Morgan fingerprint density at radius 2 is 1.09 bits per heavy atom. The Kier molecular flexibility index (Phi) is 6.87. The molecule has 1 aliphatic heterocycles. The van der Waals surface area contributed by atoms with E-state index >= 15 is 0 Å². The number of nitrogens with zero attached hydrogens (tertiary/aromatic N) is 2. The van der Waals surface area contributed by atoms with Gasteiger partial charge < -0.3 is 9.47 Å². The van der Waals surface area contributed by atoms with Gasteiger partial charge in [0.15, 0.2) is 0 Å². The van der Waals surface area contributed by atoms with E-state index in [2.05, 4.69) is 181 Å². The molecule has 0 fully saturated rings. The summed E-state index contributed by atoms with van der Waals surface area (Å²) in [7, 11) is 0. The molecule has 0 bridgehead atoms. The van der Waals surface area contributed by atoms with E-state index in [4.69, 9.17) is 0 Å². The van der Waals surface area contributed by atoms with Gasteiger partial charge in [0.2, 0.25) is 6.71 Å². The van der Waals surface area contributed by atoms with Crippen molar-refractivity contribution in [2.75, 3.05) is 4.90 Å². The van der Waals surface area contributed by atoms with Crippen LogP contribution in [0.25, 0.3) is 32.6 Å². The Hall–Kier alpha value is -5.28. The van der Waals surface area contributed by atoms with Gasteiger partial charge in [-0.3, -0.25) is 0 Å². The number of benzene rings is 6. The summed E-state index contributed by atoms with van der Waals surface area (Å²) < 4.78 is 2.43. The highest BCUT2D eigenvalue weighted by atomic mass is 15.2. The Morgan fingerprint density at radius 3 is 1.73 bits per heavy atom. The Labute approximate surface area is 265 Å². The SMILES string of the molecule is CC(C)C=C(C=CCn1c2ccccc2c2ccccc21)N1c2ccccc2B(c2cccc3ccccc23)c2ccccc21. The zero-order valence-corrected chi connectivity index (χ0v) is 25.8. The van der Waals surface area contributed by atoms with E-state index in [1.807, 2.05) is 0 Å². The summed E-state index contributed by atoms with van der Waals surface area (Å²) in [4.78, 5) is 2.48. The minimum Gasteiger partial charge on any atom is -0.337 e. The number of para-hydroxylation sites is 4. The Balaban J connectivity index is 1.26. The third-order valence-corrected chi connectivity index (χ3v) is 9.13. The summed E-state index contributed by atoms with van der Waals surface area (Å²) in [6.07, 6.45) is 7.05. The van der Waals surface area contributed by atoms with Crippen LogP contribution in [0.4, 0.5) is 11.4 Å². The van der Waals surface area contributed by atoms with Gasteiger partial charge in [-0.15, -0.1) is 0 Å². The fourth-order valence-corrected chi connectivity index (χ4v) is 7.31. The molecule has 3 heteroatoms. The lowest BCUT2D eigenvalue weighted by molar-refractivity contribution is 0.820. The lowest BCUT2D eigenvalue weighted by Crippen LogP contribution is -2.57. The fourth-order valence-electron chi connectivity index (χ4n) is 7.31. The van der Waals surface area contributed by atoms with Crippen LogP contribution >= 0.6 is 0 Å². The molecule has 8 rings (SSSR count). The molecule has 45 heavy (non-hydrogen) atoms. The zero-order chi connectivity index (χ0) is 30.3. The molecule has 0 spiro atoms. The topological polar surface area (TPSA) is 8.17 Å². The number of hydrogen-bond acceptors (Lipinski definition) is 1. The zero-order valence-electron chi connectivity index (χ0n) is 25.8. The number of anilines is 2. The van der Waals surface area contributed by atoms with Gasteiger partial charge in [-0.05, 0) is 58.0 Å². The van der Waals surface area contributed by atoms with Crippen LogP contribution in [0, 0.1) is 5.92 Å². The van der Waals surface area contributed by atoms with E-state index in [0.717, 1.165) is 6.54 Å². The molecule has 0 amide bonds. The lowest BCUT2D eigenvalue weighted by Gasteiger charge is -2.38. The normalized spacial score (nSPS) is 13.4. The maximum absolute atomic E-state index is 2.48. The Bertz CT molecular complexity index is 2150. The summed E-state index contributed by atoms with van der Waals surface area (Å²) in [5.74, 6) is 0.382. The highest BCUT2D eigenvalue weighted by Gasteiger charge is 2.35. The molecule has 0 unspecified atom stereocenters. The average molecular weight is 579 g/mol. The van der Waals surface area contributed by atoms with Gasteiger partial charge in [0.05, 0.1) is 0 Å². The van der Waals surface area contributed by atoms with Gasteiger partial charge in [-0.25, -0.2) is 0 Å². The molecule has 0 aliphatic carbocycles. The molecule has 1 aromatic heterocycles. The van der Waals surface area contributed by atoms with Crippen molar-refractivity contribution in [1.29, 1.82) is 0 Å². The predicted octanol–water partition coefficient (Wildman–Crippen LogP) is 8.71. The monoisotopic (exact) mass is 578 g/mol. The highest BCUT2D eigenvalue weighted by Crippen LogP contribution is 2.34.